The third-order valence-electron chi connectivity index (χ3n) is 3.18. The van der Waals surface area contributed by atoms with E-state index in [1.807, 2.05) is 19.9 Å². The van der Waals surface area contributed by atoms with Gasteiger partial charge in [0.2, 0.25) is 5.91 Å². The molecule has 0 atom stereocenters. The van der Waals surface area contributed by atoms with Gasteiger partial charge in [0.1, 0.15) is 16.6 Å². The summed E-state index contributed by atoms with van der Waals surface area (Å²) in [5.41, 5.74) is 1.80. The zero-order chi connectivity index (χ0) is 18.2. The van der Waals surface area contributed by atoms with Gasteiger partial charge in [0.05, 0.1) is 5.75 Å². The van der Waals surface area contributed by atoms with Crippen LogP contribution in [-0.2, 0) is 11.2 Å². The maximum Gasteiger partial charge on any atom is 0.387 e. The van der Waals surface area contributed by atoms with Gasteiger partial charge in [-0.15, -0.1) is 0 Å². The Morgan fingerprint density at radius 1 is 1.24 bits per heavy atom. The second kappa shape index (κ2) is 9.31. The van der Waals surface area contributed by atoms with Crippen LogP contribution >= 0.6 is 11.8 Å². The molecule has 0 bridgehead atoms. The number of rotatable bonds is 8. The second-order valence-corrected chi connectivity index (χ2v) is 6.30. The molecule has 0 radical (unpaired) electrons. The molecule has 0 fully saturated rings. The van der Waals surface area contributed by atoms with Crippen molar-refractivity contribution < 1.29 is 18.3 Å². The molecule has 0 aliphatic rings. The van der Waals surface area contributed by atoms with Gasteiger partial charge in [-0.3, -0.25) is 4.79 Å². The number of alkyl halides is 2. The quantitative estimate of drug-likeness (QED) is 0.574. The minimum Gasteiger partial charge on any atom is -0.435 e. The molecule has 0 spiro atoms. The van der Waals surface area contributed by atoms with Crippen LogP contribution < -0.4 is 10.1 Å². The van der Waals surface area contributed by atoms with Crippen LogP contribution in [0.25, 0.3) is 0 Å². The standard InChI is InChI=1S/C17H19F2N3O2S/c1-11-9-16(22-12(2)21-11)25-10-15(23)20-8-7-13-3-5-14(6-4-13)24-17(18)19/h3-6,9,17H,7-8,10H2,1-2H3,(H,20,23). The monoisotopic (exact) mass is 367 g/mol. The molecule has 0 aliphatic carbocycles. The summed E-state index contributed by atoms with van der Waals surface area (Å²) >= 11 is 1.36. The summed E-state index contributed by atoms with van der Waals surface area (Å²) in [6.07, 6.45) is 0.608. The molecule has 134 valence electrons. The van der Waals surface area contributed by atoms with Crippen molar-refractivity contribution in [1.82, 2.24) is 15.3 Å². The number of benzene rings is 1. The van der Waals surface area contributed by atoms with Crippen molar-refractivity contribution in [3.8, 4) is 5.75 Å². The van der Waals surface area contributed by atoms with Gasteiger partial charge >= 0.3 is 6.61 Å². The van der Waals surface area contributed by atoms with Crippen molar-refractivity contribution in [1.29, 1.82) is 0 Å². The van der Waals surface area contributed by atoms with Crippen molar-refractivity contribution in [2.75, 3.05) is 12.3 Å². The highest BCUT2D eigenvalue weighted by Gasteiger charge is 2.06. The topological polar surface area (TPSA) is 64.1 Å². The minimum absolute atomic E-state index is 0.0865. The summed E-state index contributed by atoms with van der Waals surface area (Å²) in [4.78, 5) is 20.3. The van der Waals surface area contributed by atoms with Crippen LogP contribution in [0.2, 0.25) is 0 Å². The Hall–Kier alpha value is -2.22. The summed E-state index contributed by atoms with van der Waals surface area (Å²) in [5.74, 6) is 0.991. The van der Waals surface area contributed by atoms with E-state index < -0.39 is 6.61 Å². The Morgan fingerprint density at radius 3 is 2.60 bits per heavy atom. The number of hydrogen-bond acceptors (Lipinski definition) is 5. The number of thioether (sulfide) groups is 1. The number of aromatic nitrogens is 2. The van der Waals surface area contributed by atoms with E-state index in [4.69, 9.17) is 0 Å². The van der Waals surface area contributed by atoms with Crippen LogP contribution in [0.3, 0.4) is 0 Å². The molecule has 0 aliphatic heterocycles. The van der Waals surface area contributed by atoms with E-state index in [-0.39, 0.29) is 17.4 Å². The first-order chi connectivity index (χ1) is 11.9. The summed E-state index contributed by atoms with van der Waals surface area (Å²) < 4.78 is 28.4. The van der Waals surface area contributed by atoms with Crippen molar-refractivity contribution in [2.24, 2.45) is 0 Å². The van der Waals surface area contributed by atoms with E-state index in [1.54, 1.807) is 12.1 Å². The highest BCUT2D eigenvalue weighted by atomic mass is 32.2. The fraction of sp³-hybridized carbons (Fsp3) is 0.353. The van der Waals surface area contributed by atoms with Gasteiger partial charge in [-0.2, -0.15) is 8.78 Å². The van der Waals surface area contributed by atoms with Gasteiger partial charge < -0.3 is 10.1 Å². The highest BCUT2D eigenvalue weighted by Crippen LogP contribution is 2.16. The largest absolute Gasteiger partial charge is 0.435 e. The lowest BCUT2D eigenvalue weighted by Crippen LogP contribution is -2.27. The Labute approximate surface area is 149 Å². The highest BCUT2D eigenvalue weighted by molar-refractivity contribution is 7.99. The molecule has 1 N–H and O–H groups in total. The average Bonchev–Trinajstić information content (AvgIpc) is 2.53. The van der Waals surface area contributed by atoms with E-state index in [0.29, 0.717) is 18.8 Å². The van der Waals surface area contributed by atoms with Crippen LogP contribution in [0.1, 0.15) is 17.1 Å². The maximum atomic E-state index is 12.1. The molecule has 1 amide bonds. The minimum atomic E-state index is -2.83. The molecule has 0 saturated heterocycles. The van der Waals surface area contributed by atoms with Crippen LogP contribution in [0, 0.1) is 13.8 Å². The number of ether oxygens (including phenoxy) is 1. The lowest BCUT2D eigenvalue weighted by atomic mass is 10.1. The molecule has 8 heteroatoms. The molecule has 0 saturated carbocycles. The molecule has 2 aromatic rings. The zero-order valence-electron chi connectivity index (χ0n) is 14.0. The van der Waals surface area contributed by atoms with Crippen molar-refractivity contribution in [2.45, 2.75) is 31.9 Å². The lowest BCUT2D eigenvalue weighted by molar-refractivity contribution is -0.118. The summed E-state index contributed by atoms with van der Waals surface area (Å²) in [7, 11) is 0. The lowest BCUT2D eigenvalue weighted by Gasteiger charge is -2.07. The van der Waals surface area contributed by atoms with Crippen LogP contribution in [0.5, 0.6) is 5.75 Å². The first-order valence-electron chi connectivity index (χ1n) is 7.68. The van der Waals surface area contributed by atoms with Crippen molar-refractivity contribution in [3.05, 3.63) is 47.4 Å². The molecule has 1 aromatic carbocycles. The molecule has 0 unspecified atom stereocenters. The van der Waals surface area contributed by atoms with Crippen molar-refractivity contribution in [3.63, 3.8) is 0 Å². The third kappa shape index (κ3) is 7.04. The third-order valence-corrected chi connectivity index (χ3v) is 4.09. The Morgan fingerprint density at radius 2 is 1.96 bits per heavy atom. The van der Waals surface area contributed by atoms with E-state index in [1.165, 1.54) is 23.9 Å². The molecular weight excluding hydrogens is 348 g/mol. The van der Waals surface area contributed by atoms with E-state index >= 15 is 0 Å². The fourth-order valence-electron chi connectivity index (χ4n) is 2.13. The fourth-order valence-corrected chi connectivity index (χ4v) is 2.96. The van der Waals surface area contributed by atoms with Crippen LogP contribution in [0.4, 0.5) is 8.78 Å². The molecular formula is C17H19F2N3O2S. The predicted octanol–water partition coefficient (Wildman–Crippen LogP) is 3.15. The van der Waals surface area contributed by atoms with Gasteiger partial charge in [0.25, 0.3) is 0 Å². The van der Waals surface area contributed by atoms with Gasteiger partial charge in [0.15, 0.2) is 0 Å². The number of nitrogens with zero attached hydrogens (tertiary/aromatic N) is 2. The number of aryl methyl sites for hydroxylation is 2. The molecule has 5 nitrogen and oxygen atoms in total. The summed E-state index contributed by atoms with van der Waals surface area (Å²) in [6, 6.07) is 8.21. The number of nitrogens with one attached hydrogen (secondary N) is 1. The number of carbonyl (C=O) groups is 1. The van der Waals surface area contributed by atoms with E-state index in [0.717, 1.165) is 16.3 Å². The van der Waals surface area contributed by atoms with E-state index in [2.05, 4.69) is 20.0 Å². The first-order valence-corrected chi connectivity index (χ1v) is 8.66. The SMILES string of the molecule is Cc1cc(SCC(=O)NCCc2ccc(OC(F)F)cc2)nc(C)n1. The van der Waals surface area contributed by atoms with Gasteiger partial charge in [-0.25, -0.2) is 9.97 Å². The zero-order valence-corrected chi connectivity index (χ0v) is 14.8. The number of amides is 1. The van der Waals surface area contributed by atoms with Crippen LogP contribution in [0.15, 0.2) is 35.4 Å². The summed E-state index contributed by atoms with van der Waals surface area (Å²) in [5, 5.41) is 3.60. The summed E-state index contributed by atoms with van der Waals surface area (Å²) in [6.45, 7) is 1.34. The normalized spacial score (nSPS) is 10.8. The predicted molar refractivity (Wildman–Crippen MR) is 92.0 cm³/mol. The Balaban J connectivity index is 1.71. The number of carbonyl (C=O) groups excluding carboxylic acids is 1. The Bertz CT molecular complexity index is 691. The van der Waals surface area contributed by atoms with Gasteiger partial charge in [-0.1, -0.05) is 23.9 Å². The maximum absolute atomic E-state index is 12.1. The van der Waals surface area contributed by atoms with Crippen molar-refractivity contribution >= 4 is 17.7 Å². The van der Waals surface area contributed by atoms with Gasteiger partial charge in [0, 0.05) is 12.2 Å². The first kappa shape index (κ1) is 19.1. The molecule has 25 heavy (non-hydrogen) atoms. The molecule has 1 heterocycles. The van der Waals surface area contributed by atoms with Gasteiger partial charge in [-0.05, 0) is 44.0 Å². The number of hydrogen-bond donors (Lipinski definition) is 1. The average molecular weight is 367 g/mol. The number of halogens is 2. The second-order valence-electron chi connectivity index (χ2n) is 5.31. The van der Waals surface area contributed by atoms with E-state index in [9.17, 15) is 13.6 Å². The van der Waals surface area contributed by atoms with Crippen LogP contribution in [-0.4, -0.2) is 34.8 Å². The Kier molecular flexibility index (Phi) is 7.12. The smallest absolute Gasteiger partial charge is 0.387 e. The molecule has 1 aromatic heterocycles. The molecule has 2 rings (SSSR count).